The number of hydrogen-bond donors (Lipinski definition) is 1. The number of nitrogens with zero attached hydrogens (tertiary/aromatic N) is 3. The van der Waals surface area contributed by atoms with Gasteiger partial charge in [0, 0.05) is 6.20 Å². The number of nitrogens with two attached hydrogens (primary N) is 1. The number of furan rings is 1. The molecule has 2 aromatic heterocycles. The number of nitrogen functional groups attached to an aromatic ring is 1. The fourth-order valence-corrected chi connectivity index (χ4v) is 1.04. The Morgan fingerprint density at radius 1 is 1.40 bits per heavy atom. The highest BCUT2D eigenvalue weighted by Gasteiger charge is 2.14. The van der Waals surface area contributed by atoms with E-state index in [-0.39, 0.29) is 23.3 Å². The molecular weight excluding hydrogens is 200 g/mol. The normalized spacial score (nSPS) is 10.1. The largest absolute Gasteiger partial charge is 0.433 e. The van der Waals surface area contributed by atoms with Crippen LogP contribution in [0.4, 0.5) is 11.7 Å². The molecule has 0 fully saturated rings. The maximum Gasteiger partial charge on any atom is 0.433 e. The molecule has 0 radical (unpaired) electrons. The first-order valence-corrected chi connectivity index (χ1v) is 4.00. The number of nitro groups is 1. The number of aromatic nitrogens is 2. The Labute approximate surface area is 83.7 Å². The van der Waals surface area contributed by atoms with E-state index in [0.717, 1.165) is 0 Å². The van der Waals surface area contributed by atoms with Gasteiger partial charge in [-0.2, -0.15) is 0 Å². The molecule has 0 saturated heterocycles. The number of hydrogen-bond acceptors (Lipinski definition) is 6. The summed E-state index contributed by atoms with van der Waals surface area (Å²) in [4.78, 5) is 17.5. The van der Waals surface area contributed by atoms with Gasteiger partial charge < -0.3 is 10.2 Å². The molecule has 0 spiro atoms. The van der Waals surface area contributed by atoms with E-state index < -0.39 is 4.92 Å². The third-order valence-electron chi connectivity index (χ3n) is 1.67. The lowest BCUT2D eigenvalue weighted by Crippen LogP contribution is -1.93. The standard InChI is InChI=1S/C8H6N4O3/c9-6-3-4-10-8(11-6)5-1-2-7(15-5)12(13)14/h1-4H,(H2,9,10,11). The second-order valence-corrected chi connectivity index (χ2v) is 2.70. The van der Waals surface area contributed by atoms with Crippen LogP contribution in [0.3, 0.4) is 0 Å². The lowest BCUT2D eigenvalue weighted by molar-refractivity contribution is -0.401. The average molecular weight is 206 g/mol. The van der Waals surface area contributed by atoms with Gasteiger partial charge >= 0.3 is 5.88 Å². The zero-order valence-electron chi connectivity index (χ0n) is 7.45. The van der Waals surface area contributed by atoms with E-state index >= 15 is 0 Å². The Bertz CT molecular complexity index is 508. The highest BCUT2D eigenvalue weighted by molar-refractivity contribution is 5.50. The number of anilines is 1. The van der Waals surface area contributed by atoms with Gasteiger partial charge in [0.2, 0.25) is 0 Å². The molecule has 0 aromatic carbocycles. The zero-order chi connectivity index (χ0) is 10.8. The third kappa shape index (κ3) is 1.75. The summed E-state index contributed by atoms with van der Waals surface area (Å²) < 4.78 is 4.91. The topological polar surface area (TPSA) is 108 Å². The molecule has 15 heavy (non-hydrogen) atoms. The van der Waals surface area contributed by atoms with Crippen molar-refractivity contribution < 1.29 is 9.34 Å². The van der Waals surface area contributed by atoms with Crippen molar-refractivity contribution in [2.45, 2.75) is 0 Å². The van der Waals surface area contributed by atoms with Gasteiger partial charge in [-0.05, 0) is 12.1 Å². The molecule has 0 aliphatic carbocycles. The first kappa shape index (κ1) is 9.13. The van der Waals surface area contributed by atoms with E-state index in [0.29, 0.717) is 0 Å². The van der Waals surface area contributed by atoms with Crippen LogP contribution < -0.4 is 5.73 Å². The summed E-state index contributed by atoms with van der Waals surface area (Å²) in [7, 11) is 0. The van der Waals surface area contributed by atoms with Crippen molar-refractivity contribution in [3.63, 3.8) is 0 Å². The van der Waals surface area contributed by atoms with Crippen molar-refractivity contribution in [2.75, 3.05) is 5.73 Å². The average Bonchev–Trinajstić information content (AvgIpc) is 2.66. The van der Waals surface area contributed by atoms with Crippen LogP contribution in [-0.4, -0.2) is 14.9 Å². The van der Waals surface area contributed by atoms with Crippen LogP contribution in [0, 0.1) is 10.1 Å². The lowest BCUT2D eigenvalue weighted by Gasteiger charge is -1.94. The highest BCUT2D eigenvalue weighted by atomic mass is 16.6. The summed E-state index contributed by atoms with van der Waals surface area (Å²) in [5.41, 5.74) is 5.44. The molecule has 0 bridgehead atoms. The fraction of sp³-hybridized carbons (Fsp3) is 0. The minimum absolute atomic E-state index is 0.217. The Morgan fingerprint density at radius 2 is 2.20 bits per heavy atom. The first-order valence-electron chi connectivity index (χ1n) is 4.00. The van der Waals surface area contributed by atoms with Gasteiger partial charge in [-0.3, -0.25) is 10.1 Å². The molecule has 2 heterocycles. The Kier molecular flexibility index (Phi) is 2.05. The van der Waals surface area contributed by atoms with Gasteiger partial charge in [0.15, 0.2) is 11.6 Å². The summed E-state index contributed by atoms with van der Waals surface area (Å²) in [6.07, 6.45) is 1.45. The molecule has 0 aliphatic heterocycles. The number of rotatable bonds is 2. The Hall–Kier alpha value is -2.44. The van der Waals surface area contributed by atoms with Crippen LogP contribution in [0.1, 0.15) is 0 Å². The SMILES string of the molecule is Nc1ccnc(-c2ccc([N+](=O)[O-])o2)n1. The third-order valence-corrected chi connectivity index (χ3v) is 1.67. The summed E-state index contributed by atoms with van der Waals surface area (Å²) in [5.74, 6) is 0.368. The van der Waals surface area contributed by atoms with Gasteiger partial charge in [0.05, 0.1) is 6.07 Å². The van der Waals surface area contributed by atoms with Gasteiger partial charge in [0.25, 0.3) is 0 Å². The van der Waals surface area contributed by atoms with Crippen LogP contribution in [0.5, 0.6) is 0 Å². The molecule has 0 amide bonds. The predicted molar refractivity (Wildman–Crippen MR) is 50.8 cm³/mol. The van der Waals surface area contributed by atoms with E-state index in [9.17, 15) is 10.1 Å². The van der Waals surface area contributed by atoms with Crippen LogP contribution in [0.25, 0.3) is 11.6 Å². The summed E-state index contributed by atoms with van der Waals surface area (Å²) >= 11 is 0. The van der Waals surface area contributed by atoms with Crippen molar-refractivity contribution in [2.24, 2.45) is 0 Å². The lowest BCUT2D eigenvalue weighted by atomic mass is 10.4. The van der Waals surface area contributed by atoms with E-state index in [2.05, 4.69) is 9.97 Å². The summed E-state index contributed by atoms with van der Waals surface area (Å²) in [5, 5.41) is 10.4. The molecule has 7 heteroatoms. The first-order chi connectivity index (χ1) is 7.16. The maximum absolute atomic E-state index is 10.4. The highest BCUT2D eigenvalue weighted by Crippen LogP contribution is 2.23. The smallest absolute Gasteiger partial charge is 0.397 e. The van der Waals surface area contributed by atoms with Crippen molar-refractivity contribution >= 4 is 11.7 Å². The molecule has 0 unspecified atom stereocenters. The second kappa shape index (κ2) is 3.37. The second-order valence-electron chi connectivity index (χ2n) is 2.70. The van der Waals surface area contributed by atoms with Crippen LogP contribution in [0.2, 0.25) is 0 Å². The van der Waals surface area contributed by atoms with Crippen molar-refractivity contribution in [1.29, 1.82) is 0 Å². The molecule has 2 rings (SSSR count). The van der Waals surface area contributed by atoms with Crippen LogP contribution in [0.15, 0.2) is 28.8 Å². The molecule has 2 N–H and O–H groups in total. The fourth-order valence-electron chi connectivity index (χ4n) is 1.04. The molecule has 76 valence electrons. The predicted octanol–water partition coefficient (Wildman–Crippen LogP) is 1.23. The monoisotopic (exact) mass is 206 g/mol. The van der Waals surface area contributed by atoms with Crippen molar-refractivity contribution in [3.05, 3.63) is 34.5 Å². The van der Waals surface area contributed by atoms with Crippen LogP contribution >= 0.6 is 0 Å². The van der Waals surface area contributed by atoms with E-state index in [1.807, 2.05) is 0 Å². The molecule has 0 atom stereocenters. The molecule has 2 aromatic rings. The van der Waals surface area contributed by atoms with E-state index in [1.54, 1.807) is 0 Å². The maximum atomic E-state index is 10.4. The molecular formula is C8H6N4O3. The van der Waals surface area contributed by atoms with Gasteiger partial charge in [0.1, 0.15) is 10.7 Å². The minimum Gasteiger partial charge on any atom is -0.397 e. The zero-order valence-corrected chi connectivity index (χ0v) is 7.45. The van der Waals surface area contributed by atoms with Crippen molar-refractivity contribution in [1.82, 2.24) is 9.97 Å². The quantitative estimate of drug-likeness (QED) is 0.584. The molecule has 0 aliphatic rings. The van der Waals surface area contributed by atoms with E-state index in [4.69, 9.17) is 10.2 Å². The van der Waals surface area contributed by atoms with Gasteiger partial charge in [-0.25, -0.2) is 9.97 Å². The Balaban J connectivity index is 2.41. The summed E-state index contributed by atoms with van der Waals surface area (Å²) in [6.45, 7) is 0. The van der Waals surface area contributed by atoms with Crippen LogP contribution in [-0.2, 0) is 0 Å². The van der Waals surface area contributed by atoms with Gasteiger partial charge in [-0.15, -0.1) is 0 Å². The van der Waals surface area contributed by atoms with E-state index in [1.165, 1.54) is 24.4 Å². The minimum atomic E-state index is -0.629. The molecule has 0 saturated carbocycles. The Morgan fingerprint density at radius 3 is 2.80 bits per heavy atom. The summed E-state index contributed by atoms with van der Waals surface area (Å²) in [6, 6.07) is 4.18. The van der Waals surface area contributed by atoms with Gasteiger partial charge in [-0.1, -0.05) is 0 Å². The molecule has 7 nitrogen and oxygen atoms in total. The van der Waals surface area contributed by atoms with Crippen molar-refractivity contribution in [3.8, 4) is 11.6 Å².